The summed E-state index contributed by atoms with van der Waals surface area (Å²) in [5, 5.41) is 4.44. The molecule has 1 atom stereocenters. The van der Waals surface area contributed by atoms with Crippen molar-refractivity contribution in [1.29, 1.82) is 0 Å². The molecule has 0 aliphatic rings. The Kier molecular flexibility index (Phi) is 5.25. The summed E-state index contributed by atoms with van der Waals surface area (Å²) >= 11 is 7.72. The lowest BCUT2D eigenvalue weighted by Gasteiger charge is -2.22. The van der Waals surface area contributed by atoms with E-state index in [2.05, 4.69) is 10.1 Å². The fraction of sp³-hybridized carbons (Fsp3) is 0.357. The summed E-state index contributed by atoms with van der Waals surface area (Å²) in [5.74, 6) is 0.0256. The van der Waals surface area contributed by atoms with Crippen molar-refractivity contribution >= 4 is 35.0 Å². The lowest BCUT2D eigenvalue weighted by atomic mass is 10.3. The largest absolute Gasteiger partial charge is 0.308 e. The van der Waals surface area contributed by atoms with Gasteiger partial charge in [-0.15, -0.1) is 0 Å². The van der Waals surface area contributed by atoms with Gasteiger partial charge in [0, 0.05) is 12.7 Å². The average Bonchev–Trinajstić information content (AvgIpc) is 2.90. The van der Waals surface area contributed by atoms with E-state index in [0.29, 0.717) is 17.4 Å². The van der Waals surface area contributed by atoms with Crippen LogP contribution in [0.25, 0.3) is 5.69 Å². The summed E-state index contributed by atoms with van der Waals surface area (Å²) in [6, 6.07) is 3.70. The topological polar surface area (TPSA) is 51.0 Å². The van der Waals surface area contributed by atoms with E-state index in [1.807, 2.05) is 32.2 Å². The molecule has 2 aromatic rings. The number of nitrogens with zero attached hydrogens (tertiary/aromatic N) is 4. The second kappa shape index (κ2) is 6.95. The molecule has 0 aromatic carbocycles. The van der Waals surface area contributed by atoms with Gasteiger partial charge in [-0.2, -0.15) is 16.9 Å². The van der Waals surface area contributed by atoms with E-state index in [-0.39, 0.29) is 11.2 Å². The second-order valence-corrected chi connectivity index (χ2v) is 5.96. The van der Waals surface area contributed by atoms with E-state index in [1.54, 1.807) is 28.2 Å². The minimum Gasteiger partial charge on any atom is -0.308 e. The molecular formula is C14H17ClN4OS. The Morgan fingerprint density at radius 2 is 2.33 bits per heavy atom. The molecule has 1 amide bonds. The third-order valence-electron chi connectivity index (χ3n) is 3.14. The van der Waals surface area contributed by atoms with Gasteiger partial charge in [-0.3, -0.25) is 9.78 Å². The molecule has 7 heteroatoms. The Hall–Kier alpha value is -1.53. The minimum absolute atomic E-state index is 0.0256. The third kappa shape index (κ3) is 3.39. The smallest absolute Gasteiger partial charge is 0.239 e. The molecule has 0 aliphatic heterocycles. The summed E-state index contributed by atoms with van der Waals surface area (Å²) in [7, 11) is 0. The highest BCUT2D eigenvalue weighted by Gasteiger charge is 2.24. The van der Waals surface area contributed by atoms with Crippen LogP contribution in [0.15, 0.2) is 30.7 Å². The fourth-order valence-electron chi connectivity index (χ4n) is 1.91. The number of rotatable bonds is 5. The molecule has 2 rings (SSSR count). The van der Waals surface area contributed by atoms with Gasteiger partial charge in [-0.05, 0) is 32.2 Å². The standard InChI is InChI=1S/C14H17ClN4OS/c1-4-18(14(20)10(2)21-3)12-9-19(17-13(12)15)11-6-5-7-16-8-11/h5-10H,4H2,1-3H3. The molecular weight excluding hydrogens is 308 g/mol. The van der Waals surface area contributed by atoms with Gasteiger partial charge < -0.3 is 4.90 Å². The van der Waals surface area contributed by atoms with Crippen LogP contribution in [-0.4, -0.2) is 38.7 Å². The summed E-state index contributed by atoms with van der Waals surface area (Å²) < 4.78 is 1.63. The van der Waals surface area contributed by atoms with Crippen molar-refractivity contribution in [3.63, 3.8) is 0 Å². The lowest BCUT2D eigenvalue weighted by Crippen LogP contribution is -2.36. The highest BCUT2D eigenvalue weighted by atomic mass is 35.5. The second-order valence-electron chi connectivity index (χ2n) is 4.42. The number of carbonyl (C=O) groups excluding carboxylic acids is 1. The number of carbonyl (C=O) groups is 1. The number of anilines is 1. The maximum absolute atomic E-state index is 12.4. The first-order valence-electron chi connectivity index (χ1n) is 6.58. The van der Waals surface area contributed by atoms with E-state index in [9.17, 15) is 4.79 Å². The average molecular weight is 325 g/mol. The molecule has 0 saturated heterocycles. The molecule has 0 radical (unpaired) electrons. The van der Waals surface area contributed by atoms with Gasteiger partial charge in [0.1, 0.15) is 5.69 Å². The van der Waals surface area contributed by atoms with Crippen molar-refractivity contribution < 1.29 is 4.79 Å². The Balaban J connectivity index is 2.35. The third-order valence-corrected chi connectivity index (χ3v) is 4.31. The van der Waals surface area contributed by atoms with Crippen LogP contribution in [-0.2, 0) is 4.79 Å². The van der Waals surface area contributed by atoms with Crippen LogP contribution < -0.4 is 4.90 Å². The SMILES string of the molecule is CCN(C(=O)C(C)SC)c1cn(-c2cccnc2)nc1Cl. The van der Waals surface area contributed by atoms with Gasteiger partial charge in [0.15, 0.2) is 5.15 Å². The Morgan fingerprint density at radius 3 is 2.90 bits per heavy atom. The summed E-state index contributed by atoms with van der Waals surface area (Å²) in [6.07, 6.45) is 7.05. The van der Waals surface area contributed by atoms with E-state index < -0.39 is 0 Å². The van der Waals surface area contributed by atoms with E-state index >= 15 is 0 Å². The first kappa shape index (κ1) is 15.9. The van der Waals surface area contributed by atoms with Crippen molar-refractivity contribution in [2.24, 2.45) is 0 Å². The maximum Gasteiger partial charge on any atom is 0.239 e. The number of amides is 1. The predicted octanol–water partition coefficient (Wildman–Crippen LogP) is 3.03. The predicted molar refractivity (Wildman–Crippen MR) is 87.4 cm³/mol. The molecule has 0 N–H and O–H groups in total. The lowest BCUT2D eigenvalue weighted by molar-refractivity contribution is -0.117. The highest BCUT2D eigenvalue weighted by Crippen LogP contribution is 2.27. The Labute approximate surface area is 133 Å². The molecule has 112 valence electrons. The molecule has 2 aromatic heterocycles. The molecule has 0 spiro atoms. The van der Waals surface area contributed by atoms with Gasteiger partial charge in [0.2, 0.25) is 5.91 Å². The highest BCUT2D eigenvalue weighted by molar-refractivity contribution is 7.99. The monoisotopic (exact) mass is 324 g/mol. The molecule has 0 aliphatic carbocycles. The number of pyridine rings is 1. The van der Waals surface area contributed by atoms with Crippen LogP contribution in [0, 0.1) is 0 Å². The van der Waals surface area contributed by atoms with Crippen LogP contribution in [0.3, 0.4) is 0 Å². The maximum atomic E-state index is 12.4. The first-order chi connectivity index (χ1) is 10.1. The zero-order valence-corrected chi connectivity index (χ0v) is 13.7. The van der Waals surface area contributed by atoms with Gasteiger partial charge in [0.05, 0.1) is 23.3 Å². The van der Waals surface area contributed by atoms with Crippen molar-refractivity contribution in [2.45, 2.75) is 19.1 Å². The molecule has 0 saturated carbocycles. The van der Waals surface area contributed by atoms with Gasteiger partial charge >= 0.3 is 0 Å². The Morgan fingerprint density at radius 1 is 1.57 bits per heavy atom. The van der Waals surface area contributed by atoms with Crippen LogP contribution >= 0.6 is 23.4 Å². The summed E-state index contributed by atoms with van der Waals surface area (Å²) in [6.45, 7) is 4.35. The van der Waals surface area contributed by atoms with Gasteiger partial charge in [0.25, 0.3) is 0 Å². The van der Waals surface area contributed by atoms with Gasteiger partial charge in [-0.1, -0.05) is 11.6 Å². The summed E-state index contributed by atoms with van der Waals surface area (Å²) in [4.78, 5) is 18.1. The van der Waals surface area contributed by atoms with Crippen LogP contribution in [0.4, 0.5) is 5.69 Å². The van der Waals surface area contributed by atoms with Crippen LogP contribution in [0.5, 0.6) is 0 Å². The Bertz CT molecular complexity index is 617. The summed E-state index contributed by atoms with van der Waals surface area (Å²) in [5.41, 5.74) is 1.42. The van der Waals surface area contributed by atoms with Crippen LogP contribution in [0.2, 0.25) is 5.15 Å². The van der Waals surface area contributed by atoms with Crippen molar-refractivity contribution in [3.05, 3.63) is 35.9 Å². The number of thioether (sulfide) groups is 1. The normalized spacial score (nSPS) is 12.2. The molecule has 1 unspecified atom stereocenters. The minimum atomic E-state index is -0.122. The van der Waals surface area contributed by atoms with Gasteiger partial charge in [-0.25, -0.2) is 4.68 Å². The zero-order chi connectivity index (χ0) is 15.4. The number of halogens is 1. The van der Waals surface area contributed by atoms with E-state index in [4.69, 9.17) is 11.6 Å². The fourth-order valence-corrected chi connectivity index (χ4v) is 2.47. The van der Waals surface area contributed by atoms with Crippen molar-refractivity contribution in [3.8, 4) is 5.69 Å². The zero-order valence-electron chi connectivity index (χ0n) is 12.2. The molecule has 0 bridgehead atoms. The molecule has 5 nitrogen and oxygen atoms in total. The molecule has 2 heterocycles. The van der Waals surface area contributed by atoms with Crippen molar-refractivity contribution in [2.75, 3.05) is 17.7 Å². The number of aromatic nitrogens is 3. The molecule has 0 fully saturated rings. The quantitative estimate of drug-likeness (QED) is 0.848. The number of hydrogen-bond donors (Lipinski definition) is 0. The molecule has 21 heavy (non-hydrogen) atoms. The van der Waals surface area contributed by atoms with Crippen LogP contribution in [0.1, 0.15) is 13.8 Å². The number of hydrogen-bond acceptors (Lipinski definition) is 4. The van der Waals surface area contributed by atoms with Crippen molar-refractivity contribution in [1.82, 2.24) is 14.8 Å². The first-order valence-corrected chi connectivity index (χ1v) is 8.24. The van der Waals surface area contributed by atoms with E-state index in [0.717, 1.165) is 5.69 Å². The van der Waals surface area contributed by atoms with E-state index in [1.165, 1.54) is 11.8 Å².